The first kappa shape index (κ1) is 63.9. The molecule has 0 spiro atoms. The minimum atomic E-state index is -0.780. The molecule has 4 aliphatic rings. The molecule has 16 nitrogen and oxygen atoms in total. The SMILES string of the molecule is CCC1CN(C(Cc2ccc3ccccc3c2)C(=O)NC)CCN1C(=O)C(Cc1ccc(F)cc1)NC(=O)C1CCN1.CCCC1CN(C(Cc2ccc3ccccc3c2)C(=O)NC)CCN1C(=O)C(Cc1ccc(F)cc1)NC(=O)C1CCC(N)C1. The zero-order chi connectivity index (χ0) is 61.6. The summed E-state index contributed by atoms with van der Waals surface area (Å²) in [5.74, 6) is -1.63. The predicted octanol–water partition coefficient (Wildman–Crippen LogP) is 6.45. The Kier molecular flexibility index (Phi) is 22.3. The summed E-state index contributed by atoms with van der Waals surface area (Å²) in [5.41, 5.74) is 9.80. The van der Waals surface area contributed by atoms with Crippen LogP contribution in [0.2, 0.25) is 0 Å². The van der Waals surface area contributed by atoms with Crippen LogP contribution in [0.15, 0.2) is 133 Å². The highest BCUT2D eigenvalue weighted by Gasteiger charge is 2.41. The maximum absolute atomic E-state index is 14.3. The van der Waals surface area contributed by atoms with Gasteiger partial charge in [0.15, 0.2) is 0 Å². The largest absolute Gasteiger partial charge is 0.358 e. The number of rotatable bonds is 21. The van der Waals surface area contributed by atoms with Gasteiger partial charge in [0.2, 0.25) is 35.4 Å². The molecule has 462 valence electrons. The highest BCUT2D eigenvalue weighted by Crippen LogP contribution is 2.28. The first-order valence-electron chi connectivity index (χ1n) is 31.2. The first-order chi connectivity index (χ1) is 42.1. The number of halogens is 2. The van der Waals surface area contributed by atoms with Gasteiger partial charge in [-0.3, -0.25) is 38.6 Å². The number of amides is 6. The quantitative estimate of drug-likeness (QED) is 0.0465. The number of nitrogens with one attached hydrogen (secondary N) is 5. The van der Waals surface area contributed by atoms with Crippen LogP contribution in [0.4, 0.5) is 8.78 Å². The molecule has 18 heteroatoms. The average molecular weight is 1190 g/mol. The molecule has 6 aromatic carbocycles. The fraction of sp³-hybridized carbons (Fsp3) is 0.449. The first-order valence-corrected chi connectivity index (χ1v) is 31.2. The molecule has 3 saturated heterocycles. The van der Waals surface area contributed by atoms with Gasteiger partial charge in [0, 0.05) is 90.2 Å². The molecular weight excluding hydrogens is 1100 g/mol. The Labute approximate surface area is 510 Å². The third-order valence-electron chi connectivity index (χ3n) is 18.1. The molecule has 87 heavy (non-hydrogen) atoms. The summed E-state index contributed by atoms with van der Waals surface area (Å²) in [7, 11) is 3.32. The van der Waals surface area contributed by atoms with E-state index in [-0.39, 0.29) is 102 Å². The number of likely N-dealkylation sites (N-methyl/N-ethyl adjacent to an activating group) is 2. The smallest absolute Gasteiger partial charge is 0.245 e. The summed E-state index contributed by atoms with van der Waals surface area (Å²) in [6, 6.07) is 38.3. The zero-order valence-corrected chi connectivity index (χ0v) is 50.7. The maximum atomic E-state index is 14.3. The molecule has 6 amide bonds. The molecule has 0 radical (unpaired) electrons. The second-order valence-electron chi connectivity index (χ2n) is 23.9. The number of carbonyl (C=O) groups excluding carboxylic acids is 6. The molecule has 3 heterocycles. The van der Waals surface area contributed by atoms with E-state index in [1.165, 1.54) is 24.3 Å². The van der Waals surface area contributed by atoms with E-state index in [1.54, 1.807) is 38.4 Å². The Hall–Kier alpha value is -7.64. The standard InChI is InChI=1S/C36H46FN5O3.C33H40FN5O3/c1-3-6-31-23-41(33(35(44)39-2)21-25-9-12-26-7-4-5-8-27(26)19-25)17-18-42(31)36(45)32(20-24-10-14-29(37)15-11-24)40-34(43)28-13-16-30(38)22-28;1-3-27-21-38(30(32(41)35-2)20-23-8-11-24-6-4-5-7-25(24)18-23)16-17-39(27)33(42)29(37-31(40)28-14-15-36-28)19-22-9-12-26(34)13-10-22/h4-5,7-12,14-15,19,28,30-33H,3,6,13,16-18,20-23,38H2,1-2H3,(H,39,44)(H,40,43);4-13,18,27-30,36H,3,14-17,19-21H2,1-2H3,(H,35,41)(H,37,40). The summed E-state index contributed by atoms with van der Waals surface area (Å²) in [6.07, 6.45) is 6.86. The van der Waals surface area contributed by atoms with Crippen LogP contribution in [0.25, 0.3) is 21.5 Å². The highest BCUT2D eigenvalue weighted by molar-refractivity contribution is 5.92. The Morgan fingerprint density at radius 1 is 0.552 bits per heavy atom. The second kappa shape index (κ2) is 30.3. The van der Waals surface area contributed by atoms with Crippen molar-refractivity contribution < 1.29 is 37.5 Å². The van der Waals surface area contributed by atoms with Gasteiger partial charge in [0.05, 0.1) is 18.1 Å². The lowest BCUT2D eigenvalue weighted by atomic mass is 9.97. The molecule has 10 rings (SSSR count). The third-order valence-corrected chi connectivity index (χ3v) is 18.1. The normalized spacial score (nSPS) is 21.1. The van der Waals surface area contributed by atoms with E-state index in [2.05, 4.69) is 104 Å². The van der Waals surface area contributed by atoms with E-state index in [1.807, 2.05) is 41.0 Å². The van der Waals surface area contributed by atoms with Gasteiger partial charge < -0.3 is 42.1 Å². The number of hydrogen-bond donors (Lipinski definition) is 6. The van der Waals surface area contributed by atoms with Crippen molar-refractivity contribution >= 4 is 57.0 Å². The van der Waals surface area contributed by atoms with Gasteiger partial charge in [0.1, 0.15) is 23.7 Å². The van der Waals surface area contributed by atoms with E-state index in [4.69, 9.17) is 5.73 Å². The lowest BCUT2D eigenvalue weighted by Gasteiger charge is -2.45. The molecule has 9 unspecified atom stereocenters. The van der Waals surface area contributed by atoms with Gasteiger partial charge in [-0.15, -0.1) is 0 Å². The third kappa shape index (κ3) is 16.5. The van der Waals surface area contributed by atoms with Crippen LogP contribution in [0, 0.1) is 17.6 Å². The number of carbonyl (C=O) groups is 6. The fourth-order valence-corrected chi connectivity index (χ4v) is 13.0. The van der Waals surface area contributed by atoms with Gasteiger partial charge >= 0.3 is 0 Å². The van der Waals surface area contributed by atoms with E-state index >= 15 is 0 Å². The van der Waals surface area contributed by atoms with Crippen molar-refractivity contribution in [2.75, 3.05) is 59.9 Å². The molecule has 9 atom stereocenters. The fourth-order valence-electron chi connectivity index (χ4n) is 13.0. The van der Waals surface area contributed by atoms with Crippen LogP contribution in [0.5, 0.6) is 0 Å². The number of nitrogens with two attached hydrogens (primary N) is 1. The molecular formula is C69H86F2N10O6. The number of nitrogens with zero attached hydrogens (tertiary/aromatic N) is 4. The van der Waals surface area contributed by atoms with Crippen LogP contribution < -0.4 is 32.3 Å². The Balaban J connectivity index is 0.000000208. The zero-order valence-electron chi connectivity index (χ0n) is 50.7. The van der Waals surface area contributed by atoms with Gasteiger partial charge in [-0.25, -0.2) is 8.78 Å². The number of fused-ring (bicyclic) bond motifs is 2. The Bertz CT molecular complexity index is 3330. The molecule has 6 aromatic rings. The van der Waals surface area contributed by atoms with Crippen molar-refractivity contribution in [1.82, 2.24) is 46.2 Å². The van der Waals surface area contributed by atoms with Crippen molar-refractivity contribution in [3.8, 4) is 0 Å². The molecule has 4 fully saturated rings. The van der Waals surface area contributed by atoms with Crippen LogP contribution in [-0.4, -0.2) is 163 Å². The predicted molar refractivity (Wildman–Crippen MR) is 336 cm³/mol. The van der Waals surface area contributed by atoms with Crippen LogP contribution >= 0.6 is 0 Å². The Morgan fingerprint density at radius 2 is 1.00 bits per heavy atom. The summed E-state index contributed by atoms with van der Waals surface area (Å²) in [4.78, 5) is 88.9. The van der Waals surface area contributed by atoms with Gasteiger partial charge in [-0.2, -0.15) is 0 Å². The van der Waals surface area contributed by atoms with Crippen LogP contribution in [0.3, 0.4) is 0 Å². The van der Waals surface area contributed by atoms with Gasteiger partial charge in [0.25, 0.3) is 0 Å². The molecule has 0 aromatic heterocycles. The van der Waals surface area contributed by atoms with Crippen molar-refractivity contribution in [1.29, 1.82) is 0 Å². The van der Waals surface area contributed by atoms with Crippen LogP contribution in [0.1, 0.15) is 81.0 Å². The van der Waals surface area contributed by atoms with Gasteiger partial charge in [-0.05, 0) is 126 Å². The van der Waals surface area contributed by atoms with Gasteiger partial charge in [-0.1, -0.05) is 129 Å². The molecule has 0 bridgehead atoms. The topological polar surface area (TPSA) is 202 Å². The summed E-state index contributed by atoms with van der Waals surface area (Å²) < 4.78 is 27.2. The lowest BCUT2D eigenvalue weighted by Crippen LogP contribution is -2.64. The molecule has 1 aliphatic carbocycles. The number of benzene rings is 6. The maximum Gasteiger partial charge on any atom is 0.245 e. The molecule has 1 saturated carbocycles. The molecule has 7 N–H and O–H groups in total. The minimum Gasteiger partial charge on any atom is -0.358 e. The highest BCUT2D eigenvalue weighted by atomic mass is 19.1. The number of piperazine rings is 2. The molecule has 3 aliphatic heterocycles. The Morgan fingerprint density at radius 3 is 1.43 bits per heavy atom. The monoisotopic (exact) mass is 1190 g/mol. The minimum absolute atomic E-state index is 0.00288. The summed E-state index contributed by atoms with van der Waals surface area (Å²) in [6.45, 7) is 7.97. The second-order valence-corrected chi connectivity index (χ2v) is 23.9. The average Bonchev–Trinajstić information content (AvgIpc) is 4.15. The van der Waals surface area contributed by atoms with Crippen molar-refractivity contribution in [2.45, 2.75) is 133 Å². The van der Waals surface area contributed by atoms with Crippen molar-refractivity contribution in [3.05, 3.63) is 167 Å². The summed E-state index contributed by atoms with van der Waals surface area (Å²) in [5, 5.41) is 19.4. The van der Waals surface area contributed by atoms with E-state index < -0.39 is 12.1 Å². The van der Waals surface area contributed by atoms with Crippen molar-refractivity contribution in [2.24, 2.45) is 11.7 Å². The van der Waals surface area contributed by atoms with E-state index in [0.29, 0.717) is 71.4 Å². The van der Waals surface area contributed by atoms with E-state index in [9.17, 15) is 37.5 Å². The van der Waals surface area contributed by atoms with Crippen molar-refractivity contribution in [3.63, 3.8) is 0 Å². The lowest BCUT2D eigenvalue weighted by molar-refractivity contribution is -0.143. The van der Waals surface area contributed by atoms with Crippen LogP contribution in [-0.2, 0) is 54.5 Å². The number of hydrogen-bond acceptors (Lipinski definition) is 10. The van der Waals surface area contributed by atoms with E-state index in [0.717, 1.165) is 76.0 Å². The summed E-state index contributed by atoms with van der Waals surface area (Å²) >= 11 is 0.